The van der Waals surface area contributed by atoms with E-state index in [1.165, 1.54) is 6.20 Å². The van der Waals surface area contributed by atoms with Crippen molar-refractivity contribution in [2.75, 3.05) is 0 Å². The first-order valence-electron chi connectivity index (χ1n) is 6.49. The molecule has 0 saturated heterocycles. The normalized spacial score (nSPS) is 15.1. The Hall–Kier alpha value is -2.63. The molecule has 21 heavy (non-hydrogen) atoms. The predicted molar refractivity (Wildman–Crippen MR) is 73.9 cm³/mol. The van der Waals surface area contributed by atoms with Crippen LogP contribution in [0.25, 0.3) is 0 Å². The van der Waals surface area contributed by atoms with Crippen LogP contribution in [0.3, 0.4) is 0 Å². The summed E-state index contributed by atoms with van der Waals surface area (Å²) in [6, 6.07) is 5.67. The maximum atomic E-state index is 10.7. The SMILES string of the molecule is CC1(C)Cc2cccc(Oc3cnc(C(=O)O)cn3)c2O1. The number of rotatable bonds is 3. The second-order valence-corrected chi connectivity index (χ2v) is 5.43. The van der Waals surface area contributed by atoms with Crippen LogP contribution in [0.5, 0.6) is 17.4 Å². The van der Waals surface area contributed by atoms with Gasteiger partial charge in [0.2, 0.25) is 5.88 Å². The first-order valence-corrected chi connectivity index (χ1v) is 6.49. The Labute approximate surface area is 121 Å². The molecule has 1 aromatic heterocycles. The summed E-state index contributed by atoms with van der Waals surface area (Å²) in [4.78, 5) is 18.4. The summed E-state index contributed by atoms with van der Waals surface area (Å²) in [5, 5.41) is 8.79. The zero-order chi connectivity index (χ0) is 15.0. The van der Waals surface area contributed by atoms with E-state index in [0.29, 0.717) is 11.5 Å². The van der Waals surface area contributed by atoms with Crippen LogP contribution in [0.15, 0.2) is 30.6 Å². The number of carbonyl (C=O) groups is 1. The topological polar surface area (TPSA) is 81.5 Å². The van der Waals surface area contributed by atoms with Crippen LogP contribution in [-0.4, -0.2) is 26.6 Å². The van der Waals surface area contributed by atoms with Crippen molar-refractivity contribution in [3.8, 4) is 17.4 Å². The summed E-state index contributed by atoms with van der Waals surface area (Å²) >= 11 is 0. The van der Waals surface area contributed by atoms with Crippen molar-refractivity contribution in [3.63, 3.8) is 0 Å². The lowest BCUT2D eigenvalue weighted by Gasteiger charge is -2.18. The van der Waals surface area contributed by atoms with Crippen molar-refractivity contribution >= 4 is 5.97 Å². The molecule has 6 nitrogen and oxygen atoms in total. The van der Waals surface area contributed by atoms with Crippen LogP contribution in [-0.2, 0) is 6.42 Å². The van der Waals surface area contributed by atoms with Crippen molar-refractivity contribution in [1.29, 1.82) is 0 Å². The van der Waals surface area contributed by atoms with Crippen LogP contribution in [0, 0.1) is 0 Å². The maximum Gasteiger partial charge on any atom is 0.356 e. The maximum absolute atomic E-state index is 10.7. The molecular weight excluding hydrogens is 272 g/mol. The first kappa shape index (κ1) is 13.4. The van der Waals surface area contributed by atoms with Gasteiger partial charge in [-0.2, -0.15) is 0 Å². The zero-order valence-corrected chi connectivity index (χ0v) is 11.7. The van der Waals surface area contributed by atoms with E-state index in [1.807, 2.05) is 26.0 Å². The Balaban J connectivity index is 1.87. The molecule has 0 aliphatic carbocycles. The van der Waals surface area contributed by atoms with E-state index >= 15 is 0 Å². The van der Waals surface area contributed by atoms with E-state index in [1.54, 1.807) is 6.07 Å². The number of para-hydroxylation sites is 1. The molecule has 0 unspecified atom stereocenters. The number of nitrogens with zero attached hydrogens (tertiary/aromatic N) is 2. The highest BCUT2D eigenvalue weighted by Crippen LogP contribution is 2.42. The fourth-order valence-electron chi connectivity index (χ4n) is 2.26. The van der Waals surface area contributed by atoms with Gasteiger partial charge in [0.25, 0.3) is 0 Å². The molecule has 1 aromatic carbocycles. The smallest absolute Gasteiger partial charge is 0.356 e. The summed E-state index contributed by atoms with van der Waals surface area (Å²) in [5.41, 5.74) is 0.686. The molecule has 1 aliphatic heterocycles. The molecule has 0 atom stereocenters. The fourth-order valence-corrected chi connectivity index (χ4v) is 2.26. The van der Waals surface area contributed by atoms with Crippen LogP contribution >= 0.6 is 0 Å². The van der Waals surface area contributed by atoms with Gasteiger partial charge in [0.15, 0.2) is 17.2 Å². The molecule has 3 rings (SSSR count). The predicted octanol–water partition coefficient (Wildman–Crippen LogP) is 2.68. The van der Waals surface area contributed by atoms with Crippen molar-refractivity contribution in [3.05, 3.63) is 41.9 Å². The van der Waals surface area contributed by atoms with Gasteiger partial charge in [-0.05, 0) is 19.9 Å². The minimum atomic E-state index is -1.13. The largest absolute Gasteiger partial charge is 0.483 e. The highest BCUT2D eigenvalue weighted by molar-refractivity contribution is 5.84. The van der Waals surface area contributed by atoms with Crippen molar-refractivity contribution in [2.24, 2.45) is 0 Å². The van der Waals surface area contributed by atoms with Crippen LogP contribution in [0.2, 0.25) is 0 Å². The molecule has 6 heteroatoms. The summed E-state index contributed by atoms with van der Waals surface area (Å²) in [7, 11) is 0. The lowest BCUT2D eigenvalue weighted by molar-refractivity contribution is 0.0689. The molecule has 2 aromatic rings. The van der Waals surface area contributed by atoms with Crippen LogP contribution in [0.4, 0.5) is 0 Å². The van der Waals surface area contributed by atoms with Gasteiger partial charge in [0, 0.05) is 12.0 Å². The van der Waals surface area contributed by atoms with Gasteiger partial charge < -0.3 is 14.6 Å². The number of carboxylic acids is 1. The molecular formula is C15H14N2O4. The van der Waals surface area contributed by atoms with Gasteiger partial charge in [-0.15, -0.1) is 0 Å². The molecule has 0 fully saturated rings. The number of aromatic nitrogens is 2. The Bertz CT molecular complexity index is 695. The Kier molecular flexibility index (Phi) is 3.01. The molecule has 0 spiro atoms. The van der Waals surface area contributed by atoms with Gasteiger partial charge in [0.05, 0.1) is 12.4 Å². The van der Waals surface area contributed by atoms with Gasteiger partial charge >= 0.3 is 5.97 Å². The number of hydrogen-bond donors (Lipinski definition) is 1. The average Bonchev–Trinajstić information content (AvgIpc) is 2.74. The monoisotopic (exact) mass is 286 g/mol. The van der Waals surface area contributed by atoms with Crippen molar-refractivity contribution < 1.29 is 19.4 Å². The first-order chi connectivity index (χ1) is 9.94. The summed E-state index contributed by atoms with van der Waals surface area (Å²) < 4.78 is 11.6. The van der Waals surface area contributed by atoms with Crippen molar-refractivity contribution in [1.82, 2.24) is 9.97 Å². The Morgan fingerprint density at radius 3 is 2.81 bits per heavy atom. The molecule has 0 radical (unpaired) electrons. The Morgan fingerprint density at radius 2 is 2.14 bits per heavy atom. The standard InChI is InChI=1S/C15H14N2O4/c1-15(2)6-9-4-3-5-11(13(9)21-15)20-12-8-16-10(7-17-12)14(18)19/h3-5,7-8H,6H2,1-2H3,(H,18,19). The minimum Gasteiger partial charge on any atom is -0.483 e. The number of ether oxygens (including phenoxy) is 2. The van der Waals surface area contributed by atoms with Crippen LogP contribution < -0.4 is 9.47 Å². The fraction of sp³-hybridized carbons (Fsp3) is 0.267. The summed E-state index contributed by atoms with van der Waals surface area (Å²) in [5.74, 6) is 0.350. The van der Waals surface area contributed by atoms with E-state index in [4.69, 9.17) is 14.6 Å². The van der Waals surface area contributed by atoms with E-state index in [0.717, 1.165) is 18.2 Å². The van der Waals surface area contributed by atoms with E-state index < -0.39 is 5.97 Å². The number of benzene rings is 1. The lowest BCUT2D eigenvalue weighted by Crippen LogP contribution is -2.24. The number of aromatic carboxylic acids is 1. The van der Waals surface area contributed by atoms with Gasteiger partial charge in [-0.3, -0.25) is 0 Å². The van der Waals surface area contributed by atoms with Gasteiger partial charge in [-0.25, -0.2) is 14.8 Å². The second-order valence-electron chi connectivity index (χ2n) is 5.43. The molecule has 2 heterocycles. The second kappa shape index (κ2) is 4.73. The third-order valence-corrected chi connectivity index (χ3v) is 3.12. The van der Waals surface area contributed by atoms with Gasteiger partial charge in [-0.1, -0.05) is 12.1 Å². The molecule has 0 amide bonds. The molecule has 1 aliphatic rings. The van der Waals surface area contributed by atoms with Crippen LogP contribution in [0.1, 0.15) is 29.9 Å². The minimum absolute atomic E-state index is 0.127. The molecule has 108 valence electrons. The van der Waals surface area contributed by atoms with E-state index in [2.05, 4.69) is 9.97 Å². The van der Waals surface area contributed by atoms with Gasteiger partial charge in [0.1, 0.15) is 5.60 Å². The molecule has 0 bridgehead atoms. The highest BCUT2D eigenvalue weighted by atomic mass is 16.5. The van der Waals surface area contributed by atoms with Crippen molar-refractivity contribution in [2.45, 2.75) is 25.9 Å². The molecule has 1 N–H and O–H groups in total. The van der Waals surface area contributed by atoms with E-state index in [9.17, 15) is 4.79 Å². The summed E-state index contributed by atoms with van der Waals surface area (Å²) in [6.45, 7) is 4.02. The third-order valence-electron chi connectivity index (χ3n) is 3.12. The number of fused-ring (bicyclic) bond motifs is 1. The van der Waals surface area contributed by atoms with E-state index in [-0.39, 0.29) is 17.2 Å². The number of carboxylic acid groups (broad SMARTS) is 1. The number of hydrogen-bond acceptors (Lipinski definition) is 5. The lowest BCUT2D eigenvalue weighted by atomic mass is 10.0. The summed E-state index contributed by atoms with van der Waals surface area (Å²) in [6.07, 6.45) is 3.25. The highest BCUT2D eigenvalue weighted by Gasteiger charge is 2.32. The quantitative estimate of drug-likeness (QED) is 0.934. The zero-order valence-electron chi connectivity index (χ0n) is 11.7. The Morgan fingerprint density at radius 1 is 1.33 bits per heavy atom. The third kappa shape index (κ3) is 2.65. The average molecular weight is 286 g/mol. The molecule has 0 saturated carbocycles.